The molecule has 1 rings (SSSR count). The van der Waals surface area contributed by atoms with Gasteiger partial charge < -0.3 is 4.74 Å². The average Bonchev–Trinajstić information content (AvgIpc) is 2.13. The minimum Gasteiger partial charge on any atom is -0.370 e. The Morgan fingerprint density at radius 1 is 1.47 bits per heavy atom. The number of hydrogen-bond acceptors (Lipinski definition) is 3. The standard InChI is InChI=1S/C8H9F3N2O2/c9-8(10,11)6-15-5-4-13-3-1-2-12-7(13)14/h1-3H,4-6H2. The van der Waals surface area contributed by atoms with E-state index in [2.05, 4.69) is 9.72 Å². The molecule has 1 heterocycles. The van der Waals surface area contributed by atoms with Crippen LogP contribution in [0.4, 0.5) is 13.2 Å². The first kappa shape index (κ1) is 11.7. The minimum atomic E-state index is -4.33. The Hall–Kier alpha value is -1.37. The average molecular weight is 222 g/mol. The summed E-state index contributed by atoms with van der Waals surface area (Å²) in [6, 6.07) is 1.52. The summed E-state index contributed by atoms with van der Waals surface area (Å²) in [6.07, 6.45) is -1.58. The van der Waals surface area contributed by atoms with Crippen LogP contribution in [0.1, 0.15) is 0 Å². The monoisotopic (exact) mass is 222 g/mol. The van der Waals surface area contributed by atoms with Crippen molar-refractivity contribution in [3.05, 3.63) is 28.9 Å². The molecule has 4 nitrogen and oxygen atoms in total. The van der Waals surface area contributed by atoms with Crippen molar-refractivity contribution in [2.24, 2.45) is 0 Å². The second-order valence-electron chi connectivity index (χ2n) is 2.76. The van der Waals surface area contributed by atoms with Crippen molar-refractivity contribution in [1.82, 2.24) is 9.55 Å². The van der Waals surface area contributed by atoms with E-state index in [0.29, 0.717) is 0 Å². The van der Waals surface area contributed by atoms with Crippen molar-refractivity contribution in [2.45, 2.75) is 12.7 Å². The van der Waals surface area contributed by atoms with Crippen molar-refractivity contribution < 1.29 is 17.9 Å². The molecule has 15 heavy (non-hydrogen) atoms. The van der Waals surface area contributed by atoms with Crippen molar-refractivity contribution >= 4 is 0 Å². The maximum absolute atomic E-state index is 11.7. The number of rotatable bonds is 4. The molecule has 7 heteroatoms. The van der Waals surface area contributed by atoms with Crippen LogP contribution in [0.25, 0.3) is 0 Å². The normalized spacial score (nSPS) is 11.7. The summed E-state index contributed by atoms with van der Waals surface area (Å²) in [4.78, 5) is 14.4. The van der Waals surface area contributed by atoms with Crippen LogP contribution in [0.2, 0.25) is 0 Å². The quantitative estimate of drug-likeness (QED) is 0.708. The molecule has 0 spiro atoms. The van der Waals surface area contributed by atoms with Gasteiger partial charge in [-0.1, -0.05) is 0 Å². The zero-order chi connectivity index (χ0) is 11.3. The fraction of sp³-hybridized carbons (Fsp3) is 0.500. The summed E-state index contributed by atoms with van der Waals surface area (Å²) in [7, 11) is 0. The Labute approximate surface area is 83.3 Å². The van der Waals surface area contributed by atoms with Gasteiger partial charge in [0.15, 0.2) is 0 Å². The molecule has 0 fully saturated rings. The second kappa shape index (κ2) is 4.92. The molecule has 0 saturated heterocycles. The molecule has 0 aliphatic rings. The zero-order valence-corrected chi connectivity index (χ0v) is 7.70. The van der Waals surface area contributed by atoms with E-state index in [0.717, 1.165) is 0 Å². The first-order valence-corrected chi connectivity index (χ1v) is 4.15. The number of ether oxygens (including phenoxy) is 1. The number of alkyl halides is 3. The van der Waals surface area contributed by atoms with Gasteiger partial charge in [-0.3, -0.25) is 4.57 Å². The summed E-state index contributed by atoms with van der Waals surface area (Å²) >= 11 is 0. The first-order valence-electron chi connectivity index (χ1n) is 4.15. The minimum absolute atomic E-state index is 0.0583. The van der Waals surface area contributed by atoms with E-state index >= 15 is 0 Å². The highest BCUT2D eigenvalue weighted by atomic mass is 19.4. The van der Waals surface area contributed by atoms with Crippen LogP contribution in [-0.2, 0) is 11.3 Å². The maximum atomic E-state index is 11.7. The lowest BCUT2D eigenvalue weighted by Crippen LogP contribution is -2.25. The highest BCUT2D eigenvalue weighted by Gasteiger charge is 2.27. The Morgan fingerprint density at radius 3 is 2.80 bits per heavy atom. The Morgan fingerprint density at radius 2 is 2.20 bits per heavy atom. The Balaban J connectivity index is 2.33. The molecular weight excluding hydrogens is 213 g/mol. The molecule has 84 valence electrons. The van der Waals surface area contributed by atoms with Crippen molar-refractivity contribution in [3.8, 4) is 0 Å². The summed E-state index contributed by atoms with van der Waals surface area (Å²) in [6.45, 7) is -1.42. The van der Waals surface area contributed by atoms with E-state index in [1.165, 1.54) is 23.0 Å². The van der Waals surface area contributed by atoms with E-state index in [1.807, 2.05) is 0 Å². The van der Waals surface area contributed by atoms with Crippen LogP contribution in [0, 0.1) is 0 Å². The molecular formula is C8H9F3N2O2. The predicted molar refractivity (Wildman–Crippen MR) is 45.4 cm³/mol. The summed E-state index contributed by atoms with van der Waals surface area (Å²) in [5.74, 6) is 0. The fourth-order valence-electron chi connectivity index (χ4n) is 0.908. The van der Waals surface area contributed by atoms with Gasteiger partial charge in [-0.05, 0) is 6.07 Å². The van der Waals surface area contributed by atoms with Gasteiger partial charge in [0.2, 0.25) is 0 Å². The van der Waals surface area contributed by atoms with Crippen molar-refractivity contribution in [2.75, 3.05) is 13.2 Å². The molecule has 0 saturated carbocycles. The van der Waals surface area contributed by atoms with Crippen LogP contribution in [-0.4, -0.2) is 28.9 Å². The summed E-state index contributed by atoms with van der Waals surface area (Å²) in [5.41, 5.74) is -0.506. The third-order valence-electron chi connectivity index (χ3n) is 1.53. The molecule has 1 aromatic rings. The molecule has 0 aliphatic carbocycles. The van der Waals surface area contributed by atoms with Gasteiger partial charge >= 0.3 is 11.9 Å². The smallest absolute Gasteiger partial charge is 0.370 e. The lowest BCUT2D eigenvalue weighted by Gasteiger charge is -2.08. The van der Waals surface area contributed by atoms with Gasteiger partial charge in [-0.2, -0.15) is 13.2 Å². The molecule has 0 aliphatic heterocycles. The van der Waals surface area contributed by atoms with Crippen LogP contribution in [0.15, 0.2) is 23.3 Å². The Kier molecular flexibility index (Phi) is 3.84. The first-order chi connectivity index (χ1) is 6.99. The van der Waals surface area contributed by atoms with Gasteiger partial charge in [0.25, 0.3) is 0 Å². The Bertz CT molecular complexity index is 361. The van der Waals surface area contributed by atoms with Gasteiger partial charge in [0.05, 0.1) is 13.2 Å². The fourth-order valence-corrected chi connectivity index (χ4v) is 0.908. The van der Waals surface area contributed by atoms with Gasteiger partial charge in [0.1, 0.15) is 6.61 Å². The summed E-state index contributed by atoms with van der Waals surface area (Å²) < 4.78 is 40.5. The van der Waals surface area contributed by atoms with Crippen LogP contribution < -0.4 is 5.69 Å². The third-order valence-corrected chi connectivity index (χ3v) is 1.53. The molecule has 0 N–H and O–H groups in total. The van der Waals surface area contributed by atoms with Crippen LogP contribution in [0.5, 0.6) is 0 Å². The van der Waals surface area contributed by atoms with E-state index in [4.69, 9.17) is 0 Å². The molecule has 0 aromatic carbocycles. The topological polar surface area (TPSA) is 44.1 Å². The SMILES string of the molecule is O=c1ncccn1CCOCC(F)(F)F. The van der Waals surface area contributed by atoms with Gasteiger partial charge in [0, 0.05) is 12.4 Å². The van der Waals surface area contributed by atoms with E-state index < -0.39 is 18.5 Å². The predicted octanol–water partition coefficient (Wildman–Crippen LogP) is 0.822. The second-order valence-corrected chi connectivity index (χ2v) is 2.76. The van der Waals surface area contributed by atoms with Gasteiger partial charge in [-0.15, -0.1) is 0 Å². The van der Waals surface area contributed by atoms with E-state index in [9.17, 15) is 18.0 Å². The zero-order valence-electron chi connectivity index (χ0n) is 7.70. The third kappa shape index (κ3) is 4.59. The number of hydrogen-bond donors (Lipinski definition) is 0. The van der Waals surface area contributed by atoms with Crippen molar-refractivity contribution in [3.63, 3.8) is 0 Å². The summed E-state index contributed by atoms with van der Waals surface area (Å²) in [5, 5.41) is 0. The van der Waals surface area contributed by atoms with Gasteiger partial charge in [-0.25, -0.2) is 9.78 Å². The molecule has 0 bridgehead atoms. The lowest BCUT2D eigenvalue weighted by atomic mass is 10.6. The number of halogens is 3. The van der Waals surface area contributed by atoms with Crippen LogP contribution in [0.3, 0.4) is 0 Å². The van der Waals surface area contributed by atoms with Crippen molar-refractivity contribution in [1.29, 1.82) is 0 Å². The maximum Gasteiger partial charge on any atom is 0.411 e. The molecule has 0 radical (unpaired) electrons. The molecule has 0 amide bonds. The highest BCUT2D eigenvalue weighted by Crippen LogP contribution is 2.14. The largest absolute Gasteiger partial charge is 0.411 e. The number of aromatic nitrogens is 2. The lowest BCUT2D eigenvalue weighted by molar-refractivity contribution is -0.174. The molecule has 1 aromatic heterocycles. The van der Waals surface area contributed by atoms with E-state index in [-0.39, 0.29) is 13.2 Å². The van der Waals surface area contributed by atoms with Crippen LogP contribution >= 0.6 is 0 Å². The number of nitrogens with zero attached hydrogens (tertiary/aromatic N) is 2. The van der Waals surface area contributed by atoms with E-state index in [1.54, 1.807) is 0 Å². The highest BCUT2D eigenvalue weighted by molar-refractivity contribution is 4.80. The molecule has 0 unspecified atom stereocenters. The molecule has 0 atom stereocenters.